The Hall–Kier alpha value is -0.510. The molecule has 0 aliphatic heterocycles. The van der Waals surface area contributed by atoms with Crippen molar-refractivity contribution in [3.8, 4) is 0 Å². The van der Waals surface area contributed by atoms with E-state index < -0.39 is 0 Å². The molecule has 1 N–H and O–H groups in total. The zero-order valence-corrected chi connectivity index (χ0v) is 9.71. The number of rotatable bonds is 4. The molecule has 78 valence electrons. The topological polar surface area (TPSA) is 23.5 Å². The quantitative estimate of drug-likeness (QED) is 0.772. The molecule has 2 nitrogen and oxygen atoms in total. The van der Waals surface area contributed by atoms with Crippen LogP contribution < -0.4 is 0 Å². The van der Waals surface area contributed by atoms with Gasteiger partial charge in [0.25, 0.3) is 0 Å². The van der Waals surface area contributed by atoms with Crippen molar-refractivity contribution in [3.05, 3.63) is 29.8 Å². The zero-order chi connectivity index (χ0) is 10.6. The third-order valence-corrected chi connectivity index (χ3v) is 2.55. The van der Waals surface area contributed by atoms with E-state index in [2.05, 4.69) is 16.4 Å². The van der Waals surface area contributed by atoms with Crippen molar-refractivity contribution in [1.29, 1.82) is 0 Å². The molecule has 0 aliphatic carbocycles. The smallest absolute Gasteiger partial charge is 0.0552 e. The second-order valence-corrected chi connectivity index (χ2v) is 4.99. The molecule has 1 atom stereocenters. The van der Waals surface area contributed by atoms with E-state index in [0.29, 0.717) is 0 Å². The van der Waals surface area contributed by atoms with E-state index in [4.69, 9.17) is 0 Å². The molecule has 14 heavy (non-hydrogen) atoms. The van der Waals surface area contributed by atoms with Gasteiger partial charge in [-0.2, -0.15) is 0 Å². The summed E-state index contributed by atoms with van der Waals surface area (Å²) >= 11 is 1.69. The Morgan fingerprint density at radius 3 is 2.71 bits per heavy atom. The first kappa shape index (κ1) is 11.6. The van der Waals surface area contributed by atoms with Gasteiger partial charge in [0, 0.05) is 4.90 Å². The van der Waals surface area contributed by atoms with Crippen molar-refractivity contribution >= 4 is 11.9 Å². The highest BCUT2D eigenvalue weighted by atomic mass is 32.2. The average molecular weight is 211 g/mol. The Balaban J connectivity index is 2.68. The summed E-state index contributed by atoms with van der Waals surface area (Å²) in [5.74, 6) is 0. The Morgan fingerprint density at radius 2 is 2.14 bits per heavy atom. The summed E-state index contributed by atoms with van der Waals surface area (Å²) in [6, 6.07) is 8.28. The minimum atomic E-state index is -0.269. The van der Waals surface area contributed by atoms with Gasteiger partial charge in [-0.25, -0.2) is 0 Å². The number of aliphatic hydroxyl groups is 1. The lowest BCUT2D eigenvalue weighted by Crippen LogP contribution is -2.04. The molecule has 0 aromatic heterocycles. The molecule has 0 fully saturated rings. The van der Waals surface area contributed by atoms with E-state index in [1.54, 1.807) is 11.9 Å². The number of aliphatic hydroxyl groups excluding tert-OH is 1. The summed E-state index contributed by atoms with van der Waals surface area (Å²) in [6.07, 6.45) is 0.455. The molecular weight excluding hydrogens is 194 g/mol. The van der Waals surface area contributed by atoms with Gasteiger partial charge in [0.15, 0.2) is 0 Å². The summed E-state index contributed by atoms with van der Waals surface area (Å²) < 4.78 is 2.06. The van der Waals surface area contributed by atoms with E-state index in [1.807, 2.05) is 33.2 Å². The first-order valence-electron chi connectivity index (χ1n) is 4.70. The van der Waals surface area contributed by atoms with Crippen LogP contribution in [0.25, 0.3) is 0 Å². The first-order chi connectivity index (χ1) is 6.58. The number of nitrogens with zero attached hydrogens (tertiary/aromatic N) is 1. The van der Waals surface area contributed by atoms with Crippen molar-refractivity contribution in [2.75, 3.05) is 14.1 Å². The van der Waals surface area contributed by atoms with Crippen LogP contribution >= 0.6 is 11.9 Å². The average Bonchev–Trinajstić information content (AvgIpc) is 2.01. The van der Waals surface area contributed by atoms with E-state index in [-0.39, 0.29) is 6.10 Å². The first-order valence-corrected chi connectivity index (χ1v) is 5.47. The highest BCUT2D eigenvalue weighted by Gasteiger charge is 2.01. The maximum Gasteiger partial charge on any atom is 0.0552 e. The lowest BCUT2D eigenvalue weighted by molar-refractivity contribution is 0.195. The van der Waals surface area contributed by atoms with E-state index in [9.17, 15) is 5.11 Å². The summed E-state index contributed by atoms with van der Waals surface area (Å²) in [6.45, 7) is 1.81. The van der Waals surface area contributed by atoms with Gasteiger partial charge < -0.3 is 5.11 Å². The van der Waals surface area contributed by atoms with Crippen LogP contribution in [0.2, 0.25) is 0 Å². The van der Waals surface area contributed by atoms with Crippen molar-refractivity contribution in [2.24, 2.45) is 0 Å². The van der Waals surface area contributed by atoms with Crippen LogP contribution in [0, 0.1) is 0 Å². The summed E-state index contributed by atoms with van der Waals surface area (Å²) in [7, 11) is 4.04. The van der Waals surface area contributed by atoms with Crippen molar-refractivity contribution in [1.82, 2.24) is 4.31 Å². The molecule has 0 heterocycles. The Bertz CT molecular complexity index is 261. The van der Waals surface area contributed by atoms with Crippen LogP contribution in [0.1, 0.15) is 12.5 Å². The van der Waals surface area contributed by atoms with Crippen LogP contribution in [0.15, 0.2) is 29.2 Å². The van der Waals surface area contributed by atoms with Gasteiger partial charge in [-0.05, 0) is 57.1 Å². The second-order valence-electron chi connectivity index (χ2n) is 3.60. The van der Waals surface area contributed by atoms with Gasteiger partial charge in [-0.3, -0.25) is 4.31 Å². The third-order valence-electron chi connectivity index (χ3n) is 1.72. The maximum atomic E-state index is 9.26. The predicted molar refractivity (Wildman–Crippen MR) is 61.4 cm³/mol. The maximum absolute atomic E-state index is 9.26. The molecule has 0 radical (unpaired) electrons. The van der Waals surface area contributed by atoms with Crippen LogP contribution in [0.3, 0.4) is 0 Å². The fourth-order valence-corrected chi connectivity index (χ4v) is 2.05. The van der Waals surface area contributed by atoms with Crippen LogP contribution in [-0.2, 0) is 6.42 Å². The van der Waals surface area contributed by atoms with E-state index in [1.165, 1.54) is 10.5 Å². The second kappa shape index (κ2) is 5.39. The third kappa shape index (κ3) is 4.13. The molecule has 0 amide bonds. The normalized spacial score (nSPS) is 13.2. The summed E-state index contributed by atoms with van der Waals surface area (Å²) in [5, 5.41) is 9.26. The molecule has 1 aromatic carbocycles. The minimum Gasteiger partial charge on any atom is -0.393 e. The van der Waals surface area contributed by atoms with Gasteiger partial charge >= 0.3 is 0 Å². The molecule has 0 bridgehead atoms. The molecule has 1 aromatic rings. The molecule has 0 saturated carbocycles. The van der Waals surface area contributed by atoms with Crippen molar-refractivity contribution < 1.29 is 5.11 Å². The predicted octanol–water partition coefficient (Wildman–Crippen LogP) is 2.18. The number of hydrogen-bond donors (Lipinski definition) is 1. The standard InChI is InChI=1S/C11H17NOS/c1-9(13)7-10-5-4-6-11(8-10)14-12(2)3/h4-6,8-9,13H,7H2,1-3H3. The molecular formula is C11H17NOS. The SMILES string of the molecule is CC(O)Cc1cccc(SN(C)C)c1. The Kier molecular flexibility index (Phi) is 4.45. The van der Waals surface area contributed by atoms with Gasteiger partial charge in [0.1, 0.15) is 0 Å². The van der Waals surface area contributed by atoms with Crippen molar-refractivity contribution in [2.45, 2.75) is 24.3 Å². The summed E-state index contributed by atoms with van der Waals surface area (Å²) in [5.41, 5.74) is 1.19. The van der Waals surface area contributed by atoms with Gasteiger partial charge in [0.2, 0.25) is 0 Å². The Labute approximate surface area is 90.1 Å². The number of benzene rings is 1. The fourth-order valence-electron chi connectivity index (χ4n) is 1.28. The lowest BCUT2D eigenvalue weighted by atomic mass is 10.1. The molecule has 3 heteroatoms. The van der Waals surface area contributed by atoms with Crippen LogP contribution in [-0.4, -0.2) is 29.6 Å². The van der Waals surface area contributed by atoms with Gasteiger partial charge in [-0.1, -0.05) is 12.1 Å². The van der Waals surface area contributed by atoms with Gasteiger partial charge in [-0.15, -0.1) is 0 Å². The summed E-state index contributed by atoms with van der Waals surface area (Å²) in [4.78, 5) is 1.22. The lowest BCUT2D eigenvalue weighted by Gasteiger charge is -2.10. The fraction of sp³-hybridized carbons (Fsp3) is 0.455. The van der Waals surface area contributed by atoms with Crippen molar-refractivity contribution in [3.63, 3.8) is 0 Å². The Morgan fingerprint density at radius 1 is 1.43 bits per heavy atom. The molecule has 1 unspecified atom stereocenters. The van der Waals surface area contributed by atoms with Crippen LogP contribution in [0.5, 0.6) is 0 Å². The zero-order valence-electron chi connectivity index (χ0n) is 8.90. The van der Waals surface area contributed by atoms with E-state index >= 15 is 0 Å². The molecule has 1 rings (SSSR count). The van der Waals surface area contributed by atoms with Gasteiger partial charge in [0.05, 0.1) is 6.10 Å². The minimum absolute atomic E-state index is 0.269. The number of hydrogen-bond acceptors (Lipinski definition) is 3. The molecule has 0 saturated heterocycles. The largest absolute Gasteiger partial charge is 0.393 e. The highest BCUT2D eigenvalue weighted by molar-refractivity contribution is 7.97. The molecule has 0 spiro atoms. The highest BCUT2D eigenvalue weighted by Crippen LogP contribution is 2.21. The monoisotopic (exact) mass is 211 g/mol. The molecule has 0 aliphatic rings. The van der Waals surface area contributed by atoms with Crippen LogP contribution in [0.4, 0.5) is 0 Å². The van der Waals surface area contributed by atoms with E-state index in [0.717, 1.165) is 6.42 Å².